The Hall–Kier alpha value is -2.90. The lowest BCUT2D eigenvalue weighted by molar-refractivity contribution is -0.117. The summed E-state index contributed by atoms with van der Waals surface area (Å²) in [6.07, 6.45) is 0. The number of amides is 1. The van der Waals surface area contributed by atoms with Crippen LogP contribution in [0.1, 0.15) is 12.5 Å². The van der Waals surface area contributed by atoms with Gasteiger partial charge in [0, 0.05) is 16.0 Å². The molecule has 0 fully saturated rings. The number of rotatable bonds is 4. The third kappa shape index (κ3) is 3.72. The molecule has 0 saturated carbocycles. The first-order chi connectivity index (χ1) is 13.5. The molecule has 0 bridgehead atoms. The van der Waals surface area contributed by atoms with Crippen LogP contribution in [-0.4, -0.2) is 22.6 Å². The fourth-order valence-electron chi connectivity index (χ4n) is 2.71. The van der Waals surface area contributed by atoms with E-state index in [1.807, 2.05) is 36.6 Å². The first kappa shape index (κ1) is 18.5. The number of azo groups is 1. The van der Waals surface area contributed by atoms with Crippen LogP contribution in [0.4, 0.5) is 10.8 Å². The lowest BCUT2D eigenvalue weighted by atomic mass is 10.1. The van der Waals surface area contributed by atoms with Crippen LogP contribution in [0, 0.1) is 6.92 Å². The lowest BCUT2D eigenvalue weighted by Gasteiger charge is -2.08. The van der Waals surface area contributed by atoms with Gasteiger partial charge >= 0.3 is 0 Å². The summed E-state index contributed by atoms with van der Waals surface area (Å²) in [4.78, 5) is 17.4. The molecule has 0 N–H and O–H groups in total. The van der Waals surface area contributed by atoms with Crippen molar-refractivity contribution in [2.24, 2.45) is 15.3 Å². The molecule has 28 heavy (non-hydrogen) atoms. The van der Waals surface area contributed by atoms with Crippen molar-refractivity contribution in [2.45, 2.75) is 19.9 Å². The number of thiazole rings is 1. The van der Waals surface area contributed by atoms with Gasteiger partial charge in [0.15, 0.2) is 6.04 Å². The molecule has 2 aromatic carbocycles. The van der Waals surface area contributed by atoms with Crippen molar-refractivity contribution < 1.29 is 4.79 Å². The largest absolute Gasteiger partial charge is 0.282 e. The topological polar surface area (TPSA) is 70.3 Å². The van der Waals surface area contributed by atoms with Gasteiger partial charge in [-0.15, -0.1) is 11.3 Å². The number of benzene rings is 2. The van der Waals surface area contributed by atoms with Crippen LogP contribution in [0.3, 0.4) is 0 Å². The zero-order valence-corrected chi connectivity index (χ0v) is 16.8. The Morgan fingerprint density at radius 1 is 1.14 bits per heavy atom. The van der Waals surface area contributed by atoms with E-state index in [-0.39, 0.29) is 5.91 Å². The highest BCUT2D eigenvalue weighted by atomic mass is 35.5. The fraction of sp³-hybridized carbons (Fsp3) is 0.150. The molecular formula is C20H16ClN5OS. The maximum atomic E-state index is 12.8. The number of hydrazone groups is 1. The molecule has 0 aliphatic carbocycles. The number of aromatic nitrogens is 1. The van der Waals surface area contributed by atoms with Gasteiger partial charge in [-0.05, 0) is 32.0 Å². The first-order valence-corrected chi connectivity index (χ1v) is 9.85. The van der Waals surface area contributed by atoms with Crippen LogP contribution < -0.4 is 5.01 Å². The average molecular weight is 410 g/mol. The summed E-state index contributed by atoms with van der Waals surface area (Å²) in [6.45, 7) is 3.79. The predicted molar refractivity (Wildman–Crippen MR) is 113 cm³/mol. The second-order valence-corrected chi connectivity index (χ2v) is 7.64. The molecule has 6 nitrogen and oxygen atoms in total. The van der Waals surface area contributed by atoms with Crippen LogP contribution in [-0.2, 0) is 4.79 Å². The van der Waals surface area contributed by atoms with Crippen LogP contribution in [0.5, 0.6) is 0 Å². The summed E-state index contributed by atoms with van der Waals surface area (Å²) in [5, 5.41) is 16.9. The molecule has 0 unspecified atom stereocenters. The number of aryl methyl sites for hydroxylation is 1. The summed E-state index contributed by atoms with van der Waals surface area (Å²) in [7, 11) is 0. The smallest absolute Gasteiger partial charge is 0.269 e. The van der Waals surface area contributed by atoms with Crippen LogP contribution >= 0.6 is 22.9 Å². The Bertz CT molecular complexity index is 1090. The van der Waals surface area contributed by atoms with Gasteiger partial charge in [-0.3, -0.25) is 4.79 Å². The molecule has 8 heteroatoms. The summed E-state index contributed by atoms with van der Waals surface area (Å²) in [5.74, 6) is -0.270. The highest BCUT2D eigenvalue weighted by molar-refractivity contribution is 7.14. The number of anilines is 1. The Balaban J connectivity index is 1.54. The molecule has 1 atom stereocenters. The van der Waals surface area contributed by atoms with Crippen LogP contribution in [0.2, 0.25) is 5.02 Å². The van der Waals surface area contributed by atoms with Crippen molar-refractivity contribution >= 4 is 45.4 Å². The standard InChI is InChI=1S/C20H16ClN5OS/c1-12-6-8-14(9-7-12)17-11-28-20(22-17)26-19(27)18(13(2)25-26)24-23-16-5-3-4-15(21)10-16/h3-11,18H,1-2H3/t18-/m0/s1. The van der Waals surface area contributed by atoms with Crippen molar-refractivity contribution in [1.82, 2.24) is 4.98 Å². The highest BCUT2D eigenvalue weighted by Gasteiger charge is 2.36. The van der Waals surface area contributed by atoms with Crippen LogP contribution in [0.15, 0.2) is 69.2 Å². The number of hydrogen-bond donors (Lipinski definition) is 0. The van der Waals surface area contributed by atoms with Gasteiger partial charge in [0.25, 0.3) is 5.91 Å². The first-order valence-electron chi connectivity index (χ1n) is 8.59. The van der Waals surface area contributed by atoms with Crippen molar-refractivity contribution in [3.05, 3.63) is 64.5 Å². The monoisotopic (exact) mass is 409 g/mol. The minimum Gasteiger partial charge on any atom is -0.269 e. The third-order valence-electron chi connectivity index (χ3n) is 4.21. The van der Waals surface area contributed by atoms with Gasteiger partial charge in [0.1, 0.15) is 0 Å². The van der Waals surface area contributed by atoms with E-state index in [2.05, 4.69) is 20.3 Å². The van der Waals surface area contributed by atoms with Gasteiger partial charge in [0.2, 0.25) is 5.13 Å². The normalized spacial score (nSPS) is 16.8. The third-order valence-corrected chi connectivity index (χ3v) is 5.26. The highest BCUT2D eigenvalue weighted by Crippen LogP contribution is 2.31. The van der Waals surface area contributed by atoms with Crippen LogP contribution in [0.25, 0.3) is 11.3 Å². The van der Waals surface area contributed by atoms with Gasteiger partial charge in [-0.25, -0.2) is 4.98 Å². The summed E-state index contributed by atoms with van der Waals surface area (Å²) in [6, 6.07) is 14.3. The Kier molecular flexibility index (Phi) is 5.02. The van der Waals surface area contributed by atoms with Crippen molar-refractivity contribution in [3.8, 4) is 11.3 Å². The maximum Gasteiger partial charge on any atom is 0.282 e. The minimum absolute atomic E-state index is 0.270. The van der Waals surface area contributed by atoms with E-state index in [1.165, 1.54) is 21.9 Å². The molecule has 0 saturated heterocycles. The van der Waals surface area contributed by atoms with Gasteiger partial charge in [0.05, 0.1) is 17.1 Å². The quantitative estimate of drug-likeness (QED) is 0.522. The number of carbonyl (C=O) groups is 1. The zero-order chi connectivity index (χ0) is 19.7. The maximum absolute atomic E-state index is 12.8. The second-order valence-electron chi connectivity index (χ2n) is 6.37. The summed E-state index contributed by atoms with van der Waals surface area (Å²) < 4.78 is 0. The minimum atomic E-state index is -0.759. The molecule has 1 aromatic heterocycles. The molecule has 0 radical (unpaired) electrons. The molecule has 1 amide bonds. The lowest BCUT2D eigenvalue weighted by Crippen LogP contribution is -2.29. The number of nitrogens with zero attached hydrogens (tertiary/aromatic N) is 5. The van der Waals surface area contributed by atoms with E-state index in [9.17, 15) is 4.79 Å². The Morgan fingerprint density at radius 3 is 2.68 bits per heavy atom. The Labute approximate surface area is 171 Å². The predicted octanol–water partition coefficient (Wildman–Crippen LogP) is 5.65. The molecule has 1 aliphatic heterocycles. The molecular weight excluding hydrogens is 394 g/mol. The van der Waals surface area contributed by atoms with Crippen molar-refractivity contribution in [1.29, 1.82) is 0 Å². The number of hydrogen-bond acceptors (Lipinski definition) is 6. The van der Waals surface area contributed by atoms with Crippen molar-refractivity contribution in [2.75, 3.05) is 5.01 Å². The van der Waals surface area contributed by atoms with E-state index >= 15 is 0 Å². The van der Waals surface area contributed by atoms with E-state index in [0.717, 1.165) is 11.3 Å². The molecule has 1 aliphatic rings. The van der Waals surface area contributed by atoms with Gasteiger partial charge < -0.3 is 0 Å². The van der Waals surface area contributed by atoms with Gasteiger partial charge in [-0.1, -0.05) is 47.5 Å². The van der Waals surface area contributed by atoms with Crippen molar-refractivity contribution in [3.63, 3.8) is 0 Å². The van der Waals surface area contributed by atoms with Gasteiger partial charge in [-0.2, -0.15) is 20.3 Å². The van der Waals surface area contributed by atoms with E-state index in [4.69, 9.17) is 11.6 Å². The number of carbonyl (C=O) groups excluding carboxylic acids is 1. The summed E-state index contributed by atoms with van der Waals surface area (Å²) in [5.41, 5.74) is 4.15. The summed E-state index contributed by atoms with van der Waals surface area (Å²) >= 11 is 7.32. The van der Waals surface area contributed by atoms with E-state index in [1.54, 1.807) is 31.2 Å². The number of halogens is 1. The van der Waals surface area contributed by atoms with E-state index in [0.29, 0.717) is 21.6 Å². The SMILES string of the molecule is CC1=NN(c2nc(-c3ccc(C)cc3)cs2)C(=O)[C@H]1N=Nc1cccc(Cl)c1. The molecule has 140 valence electrons. The molecule has 0 spiro atoms. The Morgan fingerprint density at radius 2 is 1.93 bits per heavy atom. The fourth-order valence-corrected chi connectivity index (χ4v) is 3.68. The second kappa shape index (κ2) is 7.61. The molecule has 2 heterocycles. The van der Waals surface area contributed by atoms with E-state index < -0.39 is 6.04 Å². The zero-order valence-electron chi connectivity index (χ0n) is 15.2. The molecule has 4 rings (SSSR count). The molecule has 3 aromatic rings. The average Bonchev–Trinajstić information content (AvgIpc) is 3.26.